The van der Waals surface area contributed by atoms with E-state index >= 15 is 0 Å². The lowest BCUT2D eigenvalue weighted by Gasteiger charge is -2.32. The molecule has 0 amide bonds. The van der Waals surface area contributed by atoms with Gasteiger partial charge in [-0.25, -0.2) is 4.79 Å². The highest BCUT2D eigenvalue weighted by Gasteiger charge is 2.51. The molecule has 0 atom stereocenters. The van der Waals surface area contributed by atoms with Crippen molar-refractivity contribution in [1.29, 1.82) is 0 Å². The molecule has 2 aromatic rings. The van der Waals surface area contributed by atoms with Gasteiger partial charge in [-0.15, -0.1) is 0 Å². The fourth-order valence-corrected chi connectivity index (χ4v) is 2.88. The Kier molecular flexibility index (Phi) is 4.42. The van der Waals surface area contributed by atoms with Crippen molar-refractivity contribution in [2.24, 2.45) is 0 Å². The maximum atomic E-state index is 12.3. The van der Waals surface area contributed by atoms with Gasteiger partial charge in [-0.3, -0.25) is 0 Å². The molecule has 1 heterocycles. The molecule has 4 nitrogen and oxygen atoms in total. The Hall–Kier alpha value is -1.85. The molecule has 1 saturated heterocycles. The minimum Gasteiger partial charge on any atom is -0.459 e. The van der Waals surface area contributed by atoms with E-state index < -0.39 is 7.12 Å². The summed E-state index contributed by atoms with van der Waals surface area (Å²) < 4.78 is 17.6. The van der Waals surface area contributed by atoms with Crippen LogP contribution in [0, 0.1) is 0 Å². The zero-order valence-corrected chi connectivity index (χ0v) is 15.8. The first-order valence-electron chi connectivity index (χ1n) is 8.70. The number of benzene rings is 2. The van der Waals surface area contributed by atoms with E-state index in [1.165, 1.54) is 0 Å². The number of fused-ring (bicyclic) bond motifs is 1. The zero-order valence-electron chi connectivity index (χ0n) is 15.8. The van der Waals surface area contributed by atoms with Crippen LogP contribution in [0.25, 0.3) is 10.8 Å². The second-order valence-electron chi connectivity index (χ2n) is 7.83. The Labute approximate surface area is 149 Å². The SMILES string of the molecule is CC(C)OC(=O)c1cccc2cc(B3OC(C)(C)C(C)(C)O3)ccc12. The van der Waals surface area contributed by atoms with Crippen LogP contribution in [0.5, 0.6) is 0 Å². The molecule has 2 aromatic carbocycles. The van der Waals surface area contributed by atoms with Crippen molar-refractivity contribution in [2.75, 3.05) is 0 Å². The molecule has 0 spiro atoms. The van der Waals surface area contributed by atoms with Crippen LogP contribution < -0.4 is 5.46 Å². The molecule has 0 aromatic heterocycles. The Bertz CT molecular complexity index is 794. The summed E-state index contributed by atoms with van der Waals surface area (Å²) in [5, 5.41) is 1.83. The lowest BCUT2D eigenvalue weighted by molar-refractivity contribution is 0.00578. The summed E-state index contributed by atoms with van der Waals surface area (Å²) >= 11 is 0. The summed E-state index contributed by atoms with van der Waals surface area (Å²) in [5.74, 6) is -0.302. The highest BCUT2D eigenvalue weighted by Crippen LogP contribution is 2.36. The van der Waals surface area contributed by atoms with Gasteiger partial charge < -0.3 is 14.0 Å². The van der Waals surface area contributed by atoms with Gasteiger partial charge in [0.15, 0.2) is 0 Å². The highest BCUT2D eigenvalue weighted by molar-refractivity contribution is 6.62. The highest BCUT2D eigenvalue weighted by atomic mass is 16.7. The summed E-state index contributed by atoms with van der Waals surface area (Å²) in [5.41, 5.74) is 0.762. The summed E-state index contributed by atoms with van der Waals surface area (Å²) in [6, 6.07) is 11.6. The van der Waals surface area contributed by atoms with Gasteiger partial charge >= 0.3 is 13.1 Å². The van der Waals surface area contributed by atoms with Crippen molar-refractivity contribution in [3.8, 4) is 0 Å². The third-order valence-electron chi connectivity index (χ3n) is 4.99. The van der Waals surface area contributed by atoms with E-state index in [4.69, 9.17) is 14.0 Å². The van der Waals surface area contributed by atoms with Crippen LogP contribution in [-0.2, 0) is 14.0 Å². The predicted octanol–water partition coefficient (Wildman–Crippen LogP) is 3.70. The van der Waals surface area contributed by atoms with Gasteiger partial charge in [-0.2, -0.15) is 0 Å². The zero-order chi connectivity index (χ0) is 18.4. The van der Waals surface area contributed by atoms with Gasteiger partial charge in [-0.1, -0.05) is 30.3 Å². The van der Waals surface area contributed by atoms with Crippen molar-refractivity contribution in [3.05, 3.63) is 42.0 Å². The maximum absolute atomic E-state index is 12.3. The van der Waals surface area contributed by atoms with Gasteiger partial charge in [0.2, 0.25) is 0 Å². The molecular formula is C20H25BO4. The van der Waals surface area contributed by atoms with Gasteiger partial charge in [0.05, 0.1) is 22.9 Å². The quantitative estimate of drug-likeness (QED) is 0.631. The molecule has 5 heteroatoms. The van der Waals surface area contributed by atoms with Crippen molar-refractivity contribution in [1.82, 2.24) is 0 Å². The molecule has 0 saturated carbocycles. The van der Waals surface area contributed by atoms with Crippen LogP contribution in [0.15, 0.2) is 36.4 Å². The number of esters is 1. The first kappa shape index (κ1) is 18.0. The van der Waals surface area contributed by atoms with Crippen LogP contribution in [0.2, 0.25) is 0 Å². The first-order valence-corrected chi connectivity index (χ1v) is 8.70. The van der Waals surface area contributed by atoms with Crippen molar-refractivity contribution >= 4 is 29.3 Å². The van der Waals surface area contributed by atoms with Gasteiger partial charge in [0, 0.05) is 0 Å². The first-order chi connectivity index (χ1) is 11.6. The van der Waals surface area contributed by atoms with Gasteiger partial charge in [0.1, 0.15) is 0 Å². The van der Waals surface area contributed by atoms with E-state index in [1.54, 1.807) is 6.07 Å². The predicted molar refractivity (Wildman–Crippen MR) is 100 cm³/mol. The van der Waals surface area contributed by atoms with Crippen LogP contribution >= 0.6 is 0 Å². The minimum atomic E-state index is -0.416. The van der Waals surface area contributed by atoms with Crippen molar-refractivity contribution < 1.29 is 18.8 Å². The Morgan fingerprint density at radius 3 is 2.28 bits per heavy atom. The van der Waals surface area contributed by atoms with Crippen LogP contribution in [0.1, 0.15) is 51.9 Å². The molecule has 25 heavy (non-hydrogen) atoms. The molecule has 1 aliphatic heterocycles. The molecule has 0 radical (unpaired) electrons. The summed E-state index contributed by atoms with van der Waals surface area (Å²) in [6.45, 7) is 11.8. The monoisotopic (exact) mass is 340 g/mol. The number of hydrogen-bond acceptors (Lipinski definition) is 4. The van der Waals surface area contributed by atoms with Crippen LogP contribution in [0.4, 0.5) is 0 Å². The lowest BCUT2D eigenvalue weighted by Crippen LogP contribution is -2.41. The number of rotatable bonds is 3. The maximum Gasteiger partial charge on any atom is 0.494 e. The van der Waals surface area contributed by atoms with Crippen molar-refractivity contribution in [2.45, 2.75) is 58.8 Å². The summed E-state index contributed by atoms with van der Waals surface area (Å²) in [7, 11) is -0.416. The normalized spacial score (nSPS) is 18.8. The van der Waals surface area contributed by atoms with E-state index in [-0.39, 0.29) is 23.3 Å². The molecule has 0 bridgehead atoms. The molecular weight excluding hydrogens is 315 g/mol. The molecule has 0 aliphatic carbocycles. The third-order valence-corrected chi connectivity index (χ3v) is 4.99. The fraction of sp³-hybridized carbons (Fsp3) is 0.450. The number of ether oxygens (including phenoxy) is 1. The van der Waals surface area contributed by atoms with E-state index in [0.717, 1.165) is 16.2 Å². The van der Waals surface area contributed by atoms with E-state index in [1.807, 2.05) is 71.9 Å². The smallest absolute Gasteiger partial charge is 0.459 e. The second kappa shape index (κ2) is 6.15. The molecule has 1 aliphatic rings. The Morgan fingerprint density at radius 2 is 1.68 bits per heavy atom. The third kappa shape index (κ3) is 3.31. The van der Waals surface area contributed by atoms with Crippen LogP contribution in [0.3, 0.4) is 0 Å². The van der Waals surface area contributed by atoms with Crippen LogP contribution in [-0.4, -0.2) is 30.4 Å². The minimum absolute atomic E-state index is 0.146. The molecule has 132 valence electrons. The Balaban J connectivity index is 1.96. The average Bonchev–Trinajstić information content (AvgIpc) is 2.73. The standard InChI is InChI=1S/C20H25BO4/c1-13(2)23-18(22)17-9-7-8-14-12-15(10-11-16(14)17)21-24-19(3,4)20(5,6)25-21/h7-13H,1-6H3. The summed E-state index contributed by atoms with van der Waals surface area (Å²) in [6.07, 6.45) is -0.146. The van der Waals surface area contributed by atoms with E-state index in [0.29, 0.717) is 5.56 Å². The number of hydrogen-bond donors (Lipinski definition) is 0. The van der Waals surface area contributed by atoms with Gasteiger partial charge in [-0.05, 0) is 63.8 Å². The summed E-state index contributed by atoms with van der Waals surface area (Å²) in [4.78, 5) is 12.3. The molecule has 0 N–H and O–H groups in total. The number of carbonyl (C=O) groups is 1. The van der Waals surface area contributed by atoms with E-state index in [2.05, 4.69) is 0 Å². The topological polar surface area (TPSA) is 44.8 Å². The van der Waals surface area contributed by atoms with Crippen molar-refractivity contribution in [3.63, 3.8) is 0 Å². The molecule has 1 fully saturated rings. The van der Waals surface area contributed by atoms with Gasteiger partial charge in [0.25, 0.3) is 0 Å². The molecule has 3 rings (SSSR count). The lowest BCUT2D eigenvalue weighted by atomic mass is 9.78. The second-order valence-corrected chi connectivity index (χ2v) is 7.83. The van der Waals surface area contributed by atoms with E-state index in [9.17, 15) is 4.79 Å². The largest absolute Gasteiger partial charge is 0.494 e. The average molecular weight is 340 g/mol. The Morgan fingerprint density at radius 1 is 1.04 bits per heavy atom. The molecule has 0 unspecified atom stereocenters. The number of carbonyl (C=O) groups excluding carboxylic acids is 1. The fourth-order valence-electron chi connectivity index (χ4n) is 2.88.